The van der Waals surface area contributed by atoms with E-state index in [1.807, 2.05) is 12.3 Å². The molecule has 0 radical (unpaired) electrons. The molecule has 4 heteroatoms. The zero-order valence-corrected chi connectivity index (χ0v) is 11.4. The van der Waals surface area contributed by atoms with Crippen LogP contribution in [0.1, 0.15) is 17.0 Å². The third kappa shape index (κ3) is 2.81. The summed E-state index contributed by atoms with van der Waals surface area (Å²) in [5.74, 6) is -0.513. The lowest BCUT2D eigenvalue weighted by atomic mass is 9.91. The molecule has 0 bridgehead atoms. The molecule has 3 aromatic rings. The Morgan fingerprint density at radius 1 is 1.05 bits per heavy atom. The number of halogens is 2. The highest BCUT2D eigenvalue weighted by Crippen LogP contribution is 2.28. The van der Waals surface area contributed by atoms with E-state index in [4.69, 9.17) is 5.73 Å². The lowest BCUT2D eigenvalue weighted by Crippen LogP contribution is -2.14. The van der Waals surface area contributed by atoms with E-state index in [0.29, 0.717) is 13.0 Å². The second-order valence-electron chi connectivity index (χ2n) is 5.20. The SMILES string of the molecule is NCC(Cc1cccc(F)c1)c1c[nH]c2ccc(F)cc12. The van der Waals surface area contributed by atoms with Gasteiger partial charge in [-0.25, -0.2) is 8.78 Å². The van der Waals surface area contributed by atoms with Crippen LogP contribution in [0.3, 0.4) is 0 Å². The molecule has 2 nitrogen and oxygen atoms in total. The number of fused-ring (bicyclic) bond motifs is 1. The van der Waals surface area contributed by atoms with Gasteiger partial charge in [0, 0.05) is 23.0 Å². The summed E-state index contributed by atoms with van der Waals surface area (Å²) in [5, 5.41) is 0.835. The van der Waals surface area contributed by atoms with E-state index in [2.05, 4.69) is 4.98 Å². The van der Waals surface area contributed by atoms with Crippen molar-refractivity contribution in [3.63, 3.8) is 0 Å². The van der Waals surface area contributed by atoms with Gasteiger partial charge in [-0.05, 0) is 54.4 Å². The molecule has 0 aliphatic heterocycles. The molecule has 0 saturated carbocycles. The summed E-state index contributed by atoms with van der Waals surface area (Å²) in [5.41, 5.74) is 8.61. The van der Waals surface area contributed by atoms with Crippen LogP contribution in [0.4, 0.5) is 8.78 Å². The highest BCUT2D eigenvalue weighted by molar-refractivity contribution is 5.83. The number of H-pyrrole nitrogens is 1. The van der Waals surface area contributed by atoms with Crippen LogP contribution < -0.4 is 5.73 Å². The molecule has 3 rings (SSSR count). The van der Waals surface area contributed by atoms with Crippen LogP contribution >= 0.6 is 0 Å². The molecule has 21 heavy (non-hydrogen) atoms. The van der Waals surface area contributed by atoms with Gasteiger partial charge in [0.15, 0.2) is 0 Å². The Kier molecular flexibility index (Phi) is 3.71. The molecule has 0 amide bonds. The number of rotatable bonds is 4. The van der Waals surface area contributed by atoms with Crippen molar-refractivity contribution >= 4 is 10.9 Å². The van der Waals surface area contributed by atoms with Gasteiger partial charge in [0.1, 0.15) is 11.6 Å². The topological polar surface area (TPSA) is 41.8 Å². The molecule has 108 valence electrons. The fourth-order valence-electron chi connectivity index (χ4n) is 2.72. The van der Waals surface area contributed by atoms with Crippen molar-refractivity contribution in [3.05, 3.63) is 71.4 Å². The van der Waals surface area contributed by atoms with E-state index < -0.39 is 0 Å². The molecule has 2 aromatic carbocycles. The van der Waals surface area contributed by atoms with Gasteiger partial charge in [-0.1, -0.05) is 12.1 Å². The predicted molar refractivity (Wildman–Crippen MR) is 80.2 cm³/mol. The van der Waals surface area contributed by atoms with Crippen molar-refractivity contribution in [3.8, 4) is 0 Å². The van der Waals surface area contributed by atoms with Gasteiger partial charge in [-0.2, -0.15) is 0 Å². The molecule has 0 aliphatic rings. The van der Waals surface area contributed by atoms with E-state index in [-0.39, 0.29) is 17.6 Å². The first-order valence-electron chi connectivity index (χ1n) is 6.88. The molecular formula is C17H16F2N2. The predicted octanol–water partition coefficient (Wildman–Crippen LogP) is 3.73. The lowest BCUT2D eigenvalue weighted by Gasteiger charge is -2.14. The van der Waals surface area contributed by atoms with E-state index in [1.54, 1.807) is 12.1 Å². The number of nitrogens with two attached hydrogens (primary N) is 1. The van der Waals surface area contributed by atoms with Crippen molar-refractivity contribution < 1.29 is 8.78 Å². The first-order chi connectivity index (χ1) is 10.2. The summed E-state index contributed by atoms with van der Waals surface area (Å²) in [6.07, 6.45) is 2.48. The highest BCUT2D eigenvalue weighted by atomic mass is 19.1. The smallest absolute Gasteiger partial charge is 0.123 e. The number of aromatic nitrogens is 1. The van der Waals surface area contributed by atoms with Crippen molar-refractivity contribution in [1.82, 2.24) is 4.98 Å². The summed E-state index contributed by atoms with van der Waals surface area (Å²) >= 11 is 0. The number of hydrogen-bond acceptors (Lipinski definition) is 1. The third-order valence-corrected chi connectivity index (χ3v) is 3.77. The standard InChI is InChI=1S/C17H16F2N2/c18-13-3-1-2-11(7-13)6-12(9-20)16-10-21-17-5-4-14(19)8-15(16)17/h1-5,7-8,10,12,21H,6,9,20H2. The minimum atomic E-state index is -0.273. The molecule has 1 atom stereocenters. The van der Waals surface area contributed by atoms with Crippen LogP contribution in [-0.4, -0.2) is 11.5 Å². The molecule has 3 N–H and O–H groups in total. The molecule has 0 aliphatic carbocycles. The number of benzene rings is 2. The van der Waals surface area contributed by atoms with Crippen LogP contribution in [0, 0.1) is 11.6 Å². The van der Waals surface area contributed by atoms with Crippen molar-refractivity contribution in [2.45, 2.75) is 12.3 Å². The lowest BCUT2D eigenvalue weighted by molar-refractivity contribution is 0.621. The number of aromatic amines is 1. The maximum atomic E-state index is 13.4. The maximum Gasteiger partial charge on any atom is 0.123 e. The Bertz CT molecular complexity index is 764. The van der Waals surface area contributed by atoms with Gasteiger partial charge in [-0.15, -0.1) is 0 Å². The van der Waals surface area contributed by atoms with E-state index in [9.17, 15) is 8.78 Å². The Hall–Kier alpha value is -2.20. The minimum Gasteiger partial charge on any atom is -0.361 e. The van der Waals surface area contributed by atoms with Gasteiger partial charge in [0.2, 0.25) is 0 Å². The first kappa shape index (κ1) is 13.8. The summed E-state index contributed by atoms with van der Waals surface area (Å²) in [6.45, 7) is 0.417. The zero-order chi connectivity index (χ0) is 14.8. The van der Waals surface area contributed by atoms with Crippen LogP contribution in [0.2, 0.25) is 0 Å². The van der Waals surface area contributed by atoms with Gasteiger partial charge in [0.05, 0.1) is 0 Å². The Labute approximate surface area is 121 Å². The number of nitrogens with one attached hydrogen (secondary N) is 1. The van der Waals surface area contributed by atoms with E-state index in [0.717, 1.165) is 22.0 Å². The fourth-order valence-corrected chi connectivity index (χ4v) is 2.72. The largest absolute Gasteiger partial charge is 0.361 e. The Morgan fingerprint density at radius 3 is 2.62 bits per heavy atom. The summed E-state index contributed by atoms with van der Waals surface area (Å²) in [7, 11) is 0. The van der Waals surface area contributed by atoms with Gasteiger partial charge < -0.3 is 10.7 Å². The van der Waals surface area contributed by atoms with Gasteiger partial charge in [-0.3, -0.25) is 0 Å². The second kappa shape index (κ2) is 5.66. The number of hydrogen-bond donors (Lipinski definition) is 2. The average Bonchev–Trinajstić information content (AvgIpc) is 2.88. The van der Waals surface area contributed by atoms with Gasteiger partial charge >= 0.3 is 0 Å². The van der Waals surface area contributed by atoms with Crippen LogP contribution in [-0.2, 0) is 6.42 Å². The summed E-state index contributed by atoms with van der Waals surface area (Å²) in [4.78, 5) is 3.13. The Morgan fingerprint density at radius 2 is 1.86 bits per heavy atom. The van der Waals surface area contributed by atoms with Crippen molar-refractivity contribution in [2.75, 3.05) is 6.54 Å². The summed E-state index contributed by atoms with van der Waals surface area (Å²) in [6, 6.07) is 11.1. The van der Waals surface area contributed by atoms with E-state index >= 15 is 0 Å². The molecule has 1 heterocycles. The Balaban J connectivity index is 1.96. The average molecular weight is 286 g/mol. The summed E-state index contributed by atoms with van der Waals surface area (Å²) < 4.78 is 26.7. The molecule has 1 unspecified atom stereocenters. The maximum absolute atomic E-state index is 13.4. The molecule has 0 fully saturated rings. The quantitative estimate of drug-likeness (QED) is 0.754. The van der Waals surface area contributed by atoms with Crippen molar-refractivity contribution in [1.29, 1.82) is 0 Å². The second-order valence-corrected chi connectivity index (χ2v) is 5.20. The third-order valence-electron chi connectivity index (χ3n) is 3.77. The normalized spacial score (nSPS) is 12.7. The molecular weight excluding hydrogens is 270 g/mol. The minimum absolute atomic E-state index is 0.0161. The molecule has 0 saturated heterocycles. The van der Waals surface area contributed by atoms with Gasteiger partial charge in [0.25, 0.3) is 0 Å². The van der Waals surface area contributed by atoms with Crippen molar-refractivity contribution in [2.24, 2.45) is 5.73 Å². The van der Waals surface area contributed by atoms with Crippen LogP contribution in [0.5, 0.6) is 0 Å². The highest BCUT2D eigenvalue weighted by Gasteiger charge is 2.16. The molecule has 0 spiro atoms. The zero-order valence-electron chi connectivity index (χ0n) is 11.4. The van der Waals surface area contributed by atoms with Crippen LogP contribution in [0.15, 0.2) is 48.7 Å². The van der Waals surface area contributed by atoms with E-state index in [1.165, 1.54) is 24.3 Å². The first-order valence-corrected chi connectivity index (χ1v) is 6.88. The fraction of sp³-hybridized carbons (Fsp3) is 0.176. The monoisotopic (exact) mass is 286 g/mol. The van der Waals surface area contributed by atoms with Crippen LogP contribution in [0.25, 0.3) is 10.9 Å². The molecule has 1 aromatic heterocycles.